The van der Waals surface area contributed by atoms with Crippen molar-refractivity contribution in [2.45, 2.75) is 19.6 Å². The zero-order valence-electron chi connectivity index (χ0n) is 10.5. The van der Waals surface area contributed by atoms with Crippen LogP contribution in [0.1, 0.15) is 29.8 Å². The number of carbonyl (C=O) groups excluding carboxylic acids is 1. The molecule has 0 bridgehead atoms. The van der Waals surface area contributed by atoms with Gasteiger partial charge in [-0.25, -0.2) is 0 Å². The lowest BCUT2D eigenvalue weighted by molar-refractivity contribution is 0.0949. The second-order valence-electron chi connectivity index (χ2n) is 4.52. The molecule has 17 heavy (non-hydrogen) atoms. The van der Waals surface area contributed by atoms with Crippen LogP contribution in [0, 0.1) is 5.92 Å². The van der Waals surface area contributed by atoms with Crippen molar-refractivity contribution in [2.75, 3.05) is 12.8 Å². The Hall–Kier alpha value is -1.16. The third-order valence-corrected chi connectivity index (χ3v) is 2.97. The standard InChI is InChI=1S/C13H19NO2S/c1-10(2)8-14-13(15)12-6-4-5-11(7-12)9-17(3)16/h4-7,10H,8-9H2,1-3H3,(H,14,15). The summed E-state index contributed by atoms with van der Waals surface area (Å²) in [7, 11) is -0.881. The summed E-state index contributed by atoms with van der Waals surface area (Å²) in [6.07, 6.45) is 1.66. The van der Waals surface area contributed by atoms with Gasteiger partial charge in [-0.15, -0.1) is 0 Å². The van der Waals surface area contributed by atoms with Gasteiger partial charge in [0.2, 0.25) is 0 Å². The first kappa shape index (κ1) is 13.9. The van der Waals surface area contributed by atoms with Crippen LogP contribution in [-0.2, 0) is 16.6 Å². The molecule has 0 aliphatic rings. The summed E-state index contributed by atoms with van der Waals surface area (Å²) in [6.45, 7) is 4.77. The molecule has 0 fully saturated rings. The molecule has 0 spiro atoms. The predicted molar refractivity (Wildman–Crippen MR) is 71.4 cm³/mol. The molecule has 0 aliphatic heterocycles. The van der Waals surface area contributed by atoms with E-state index in [9.17, 15) is 9.00 Å². The Balaban J connectivity index is 2.70. The molecule has 0 aliphatic carbocycles. The normalized spacial score (nSPS) is 12.5. The molecule has 0 radical (unpaired) electrons. The highest BCUT2D eigenvalue weighted by molar-refractivity contribution is 7.83. The van der Waals surface area contributed by atoms with Crippen molar-refractivity contribution in [3.8, 4) is 0 Å². The Labute approximate surface area is 105 Å². The molecule has 0 saturated carbocycles. The van der Waals surface area contributed by atoms with E-state index in [4.69, 9.17) is 0 Å². The van der Waals surface area contributed by atoms with Gasteiger partial charge in [-0.2, -0.15) is 0 Å². The summed E-state index contributed by atoms with van der Waals surface area (Å²) in [4.78, 5) is 11.8. The summed E-state index contributed by atoms with van der Waals surface area (Å²) in [6, 6.07) is 7.29. The summed E-state index contributed by atoms with van der Waals surface area (Å²) in [5, 5.41) is 2.86. The van der Waals surface area contributed by atoms with Crippen molar-refractivity contribution >= 4 is 16.7 Å². The van der Waals surface area contributed by atoms with Crippen molar-refractivity contribution in [3.63, 3.8) is 0 Å². The molecule has 1 aromatic carbocycles. The molecule has 1 N–H and O–H groups in total. The van der Waals surface area contributed by atoms with Gasteiger partial charge < -0.3 is 5.32 Å². The van der Waals surface area contributed by atoms with Gasteiger partial charge in [0, 0.05) is 34.9 Å². The van der Waals surface area contributed by atoms with Crippen LogP contribution in [-0.4, -0.2) is 22.9 Å². The second kappa shape index (κ2) is 6.55. The summed E-state index contributed by atoms with van der Waals surface area (Å²) in [5.74, 6) is 0.860. The zero-order valence-corrected chi connectivity index (χ0v) is 11.3. The van der Waals surface area contributed by atoms with Gasteiger partial charge in [-0.1, -0.05) is 26.0 Å². The quantitative estimate of drug-likeness (QED) is 0.872. The number of amides is 1. The van der Waals surface area contributed by atoms with E-state index in [0.29, 0.717) is 23.8 Å². The maximum absolute atomic E-state index is 11.8. The third kappa shape index (κ3) is 5.13. The van der Waals surface area contributed by atoms with E-state index >= 15 is 0 Å². The topological polar surface area (TPSA) is 46.2 Å². The van der Waals surface area contributed by atoms with Crippen molar-refractivity contribution in [2.24, 2.45) is 5.92 Å². The number of benzene rings is 1. The average Bonchev–Trinajstić information content (AvgIpc) is 2.25. The first-order valence-electron chi connectivity index (χ1n) is 5.66. The van der Waals surface area contributed by atoms with Crippen LogP contribution in [0.15, 0.2) is 24.3 Å². The number of nitrogens with one attached hydrogen (secondary N) is 1. The van der Waals surface area contributed by atoms with Gasteiger partial charge in [0.25, 0.3) is 5.91 Å². The lowest BCUT2D eigenvalue weighted by Gasteiger charge is -2.08. The average molecular weight is 253 g/mol. The number of hydrogen-bond acceptors (Lipinski definition) is 2. The SMILES string of the molecule is CC(C)CNC(=O)c1cccc(CS(C)=O)c1. The van der Waals surface area contributed by atoms with Crippen LogP contribution < -0.4 is 5.32 Å². The second-order valence-corrected chi connectivity index (χ2v) is 5.96. The molecule has 4 heteroatoms. The van der Waals surface area contributed by atoms with Crippen LogP contribution in [0.5, 0.6) is 0 Å². The number of hydrogen-bond donors (Lipinski definition) is 1. The van der Waals surface area contributed by atoms with Gasteiger partial charge in [-0.3, -0.25) is 9.00 Å². The van der Waals surface area contributed by atoms with E-state index in [1.807, 2.05) is 12.1 Å². The maximum Gasteiger partial charge on any atom is 0.251 e. The predicted octanol–water partition coefficient (Wildman–Crippen LogP) is 1.95. The van der Waals surface area contributed by atoms with E-state index in [0.717, 1.165) is 5.56 Å². The highest BCUT2D eigenvalue weighted by Crippen LogP contribution is 2.07. The van der Waals surface area contributed by atoms with Gasteiger partial charge >= 0.3 is 0 Å². The van der Waals surface area contributed by atoms with Crippen LogP contribution in [0.4, 0.5) is 0 Å². The fourth-order valence-electron chi connectivity index (χ4n) is 1.44. The number of carbonyl (C=O) groups is 1. The van der Waals surface area contributed by atoms with E-state index < -0.39 is 10.8 Å². The molecule has 0 saturated heterocycles. The van der Waals surface area contributed by atoms with Crippen LogP contribution >= 0.6 is 0 Å². The first-order valence-corrected chi connectivity index (χ1v) is 7.39. The minimum atomic E-state index is -0.881. The van der Waals surface area contributed by atoms with E-state index in [-0.39, 0.29) is 5.91 Å². The Morgan fingerprint density at radius 3 is 2.71 bits per heavy atom. The first-order chi connectivity index (χ1) is 7.99. The molecule has 1 amide bonds. The van der Waals surface area contributed by atoms with Crippen molar-refractivity contribution in [3.05, 3.63) is 35.4 Å². The molecule has 94 valence electrons. The molecular formula is C13H19NO2S. The molecule has 1 atom stereocenters. The minimum Gasteiger partial charge on any atom is -0.352 e. The fourth-order valence-corrected chi connectivity index (χ4v) is 2.08. The van der Waals surface area contributed by atoms with Gasteiger partial charge in [-0.05, 0) is 23.6 Å². The molecule has 0 aromatic heterocycles. The third-order valence-electron chi connectivity index (χ3n) is 2.23. The lowest BCUT2D eigenvalue weighted by Crippen LogP contribution is -2.27. The minimum absolute atomic E-state index is 0.0672. The maximum atomic E-state index is 11.8. The van der Waals surface area contributed by atoms with Crippen molar-refractivity contribution in [1.29, 1.82) is 0 Å². The Morgan fingerprint density at radius 1 is 1.41 bits per heavy atom. The summed E-state index contributed by atoms with van der Waals surface area (Å²) in [5.41, 5.74) is 1.57. The highest BCUT2D eigenvalue weighted by atomic mass is 32.2. The van der Waals surface area contributed by atoms with Gasteiger partial charge in [0.15, 0.2) is 0 Å². The smallest absolute Gasteiger partial charge is 0.251 e. The Bertz CT molecular complexity index is 416. The summed E-state index contributed by atoms with van der Waals surface area (Å²) < 4.78 is 11.1. The van der Waals surface area contributed by atoms with Gasteiger partial charge in [0.05, 0.1) is 0 Å². The molecule has 1 rings (SSSR count). The molecule has 0 heterocycles. The van der Waals surface area contributed by atoms with Crippen molar-refractivity contribution in [1.82, 2.24) is 5.32 Å². The van der Waals surface area contributed by atoms with Gasteiger partial charge in [0.1, 0.15) is 0 Å². The van der Waals surface area contributed by atoms with Crippen molar-refractivity contribution < 1.29 is 9.00 Å². The van der Waals surface area contributed by atoms with Crippen LogP contribution in [0.25, 0.3) is 0 Å². The van der Waals surface area contributed by atoms with E-state index in [2.05, 4.69) is 19.2 Å². The molecule has 3 nitrogen and oxygen atoms in total. The number of rotatable bonds is 5. The van der Waals surface area contributed by atoms with Crippen LogP contribution in [0.3, 0.4) is 0 Å². The summed E-state index contributed by atoms with van der Waals surface area (Å²) >= 11 is 0. The fraction of sp³-hybridized carbons (Fsp3) is 0.462. The molecule has 1 aromatic rings. The largest absolute Gasteiger partial charge is 0.352 e. The highest BCUT2D eigenvalue weighted by Gasteiger charge is 2.07. The lowest BCUT2D eigenvalue weighted by atomic mass is 10.1. The Morgan fingerprint density at radius 2 is 2.12 bits per heavy atom. The van der Waals surface area contributed by atoms with E-state index in [1.165, 1.54) is 0 Å². The molecule has 1 unspecified atom stereocenters. The monoisotopic (exact) mass is 253 g/mol. The Kier molecular flexibility index (Phi) is 5.35. The van der Waals surface area contributed by atoms with Crippen LogP contribution in [0.2, 0.25) is 0 Å². The zero-order chi connectivity index (χ0) is 12.8. The van der Waals surface area contributed by atoms with E-state index in [1.54, 1.807) is 18.4 Å². The molecular weight excluding hydrogens is 234 g/mol.